The van der Waals surface area contributed by atoms with Crippen molar-refractivity contribution < 1.29 is 9.31 Å². The highest BCUT2D eigenvalue weighted by molar-refractivity contribution is 9.11. The van der Waals surface area contributed by atoms with Crippen molar-refractivity contribution in [2.45, 2.75) is 38.9 Å². The van der Waals surface area contributed by atoms with Crippen LogP contribution in [-0.4, -0.2) is 23.3 Å². The number of aromatic nitrogens is 1. The van der Waals surface area contributed by atoms with E-state index in [9.17, 15) is 0 Å². The zero-order valence-electron chi connectivity index (χ0n) is 10.3. The Labute approximate surface area is 119 Å². The van der Waals surface area contributed by atoms with Crippen LogP contribution in [0.3, 0.4) is 0 Å². The number of pyridine rings is 1. The molecule has 0 aliphatic carbocycles. The van der Waals surface area contributed by atoms with E-state index in [0.29, 0.717) is 0 Å². The van der Waals surface area contributed by atoms with E-state index in [1.54, 1.807) is 12.4 Å². The zero-order chi connectivity index (χ0) is 12.8. The Balaban J connectivity index is 2.39. The molecular weight excluding hydrogens is 349 g/mol. The van der Waals surface area contributed by atoms with Crippen molar-refractivity contribution in [3.05, 3.63) is 21.3 Å². The molecule has 0 bridgehead atoms. The van der Waals surface area contributed by atoms with Gasteiger partial charge in [0, 0.05) is 26.8 Å². The fourth-order valence-electron chi connectivity index (χ4n) is 1.61. The molecule has 0 N–H and O–H groups in total. The Bertz CT molecular complexity index is 415. The maximum absolute atomic E-state index is 6.00. The maximum atomic E-state index is 6.00. The van der Waals surface area contributed by atoms with Gasteiger partial charge >= 0.3 is 7.12 Å². The van der Waals surface area contributed by atoms with Crippen LogP contribution in [0.5, 0.6) is 0 Å². The lowest BCUT2D eigenvalue weighted by Crippen LogP contribution is -2.41. The second-order valence-corrected chi connectivity index (χ2v) is 6.81. The molecule has 2 rings (SSSR count). The van der Waals surface area contributed by atoms with Gasteiger partial charge in [-0.25, -0.2) is 0 Å². The minimum atomic E-state index is -0.383. The molecule has 0 amide bonds. The minimum Gasteiger partial charge on any atom is -0.399 e. The first kappa shape index (κ1) is 13.5. The average molecular weight is 363 g/mol. The molecule has 1 aromatic heterocycles. The molecule has 1 saturated heterocycles. The third kappa shape index (κ3) is 2.32. The molecule has 0 radical (unpaired) electrons. The van der Waals surface area contributed by atoms with E-state index >= 15 is 0 Å². The Kier molecular flexibility index (Phi) is 3.45. The highest BCUT2D eigenvalue weighted by atomic mass is 79.9. The van der Waals surface area contributed by atoms with Crippen LogP contribution in [0.1, 0.15) is 27.7 Å². The number of rotatable bonds is 1. The fraction of sp³-hybridized carbons (Fsp3) is 0.545. The second kappa shape index (κ2) is 4.33. The summed E-state index contributed by atoms with van der Waals surface area (Å²) in [6, 6.07) is 0. The van der Waals surface area contributed by atoms with Crippen LogP contribution in [-0.2, 0) is 9.31 Å². The largest absolute Gasteiger partial charge is 0.497 e. The highest BCUT2D eigenvalue weighted by Crippen LogP contribution is 2.37. The molecule has 1 aliphatic heterocycles. The molecule has 2 heterocycles. The van der Waals surface area contributed by atoms with E-state index in [1.165, 1.54) is 0 Å². The van der Waals surface area contributed by atoms with Crippen molar-refractivity contribution in [2.75, 3.05) is 0 Å². The maximum Gasteiger partial charge on any atom is 0.497 e. The van der Waals surface area contributed by atoms with Gasteiger partial charge in [-0.1, -0.05) is 0 Å². The minimum absolute atomic E-state index is 0.334. The fourth-order valence-corrected chi connectivity index (χ4v) is 2.91. The SMILES string of the molecule is CC1(C)OB(c2c(Br)cncc2Br)OC1(C)C. The molecule has 1 aromatic rings. The quantitative estimate of drug-likeness (QED) is 0.720. The van der Waals surface area contributed by atoms with Crippen LogP contribution in [0.15, 0.2) is 21.3 Å². The number of nitrogens with zero attached hydrogens (tertiary/aromatic N) is 1. The number of hydrogen-bond acceptors (Lipinski definition) is 3. The molecule has 0 aromatic carbocycles. The second-order valence-electron chi connectivity index (χ2n) is 5.11. The van der Waals surface area contributed by atoms with E-state index < -0.39 is 0 Å². The lowest BCUT2D eigenvalue weighted by Gasteiger charge is -2.32. The van der Waals surface area contributed by atoms with E-state index in [4.69, 9.17) is 9.31 Å². The van der Waals surface area contributed by atoms with Crippen molar-refractivity contribution in [2.24, 2.45) is 0 Å². The summed E-state index contributed by atoms with van der Waals surface area (Å²) >= 11 is 6.96. The first-order chi connectivity index (χ1) is 7.74. The van der Waals surface area contributed by atoms with Crippen LogP contribution in [0.2, 0.25) is 0 Å². The molecule has 0 unspecified atom stereocenters. The standard InChI is InChI=1S/C11H14BBr2NO2/c1-10(2)11(3,4)17-12(16-10)9-7(13)5-15-6-8(9)14/h5-6H,1-4H3. The predicted molar refractivity (Wildman–Crippen MR) is 75.4 cm³/mol. The Morgan fingerprint density at radius 1 is 1.00 bits per heavy atom. The summed E-state index contributed by atoms with van der Waals surface area (Å²) in [6.07, 6.45) is 3.48. The van der Waals surface area contributed by atoms with Crippen molar-refractivity contribution in [1.29, 1.82) is 0 Å². The van der Waals surface area contributed by atoms with Crippen molar-refractivity contribution in [3.63, 3.8) is 0 Å². The molecule has 0 saturated carbocycles. The summed E-state index contributed by atoms with van der Waals surface area (Å²) in [6.45, 7) is 8.15. The van der Waals surface area contributed by atoms with Gasteiger partial charge in [0.1, 0.15) is 0 Å². The van der Waals surface area contributed by atoms with Crippen LogP contribution in [0.4, 0.5) is 0 Å². The predicted octanol–water partition coefficient (Wildman–Crippen LogP) is 2.91. The van der Waals surface area contributed by atoms with Gasteiger partial charge in [0.15, 0.2) is 0 Å². The first-order valence-electron chi connectivity index (χ1n) is 5.39. The van der Waals surface area contributed by atoms with Crippen molar-refractivity contribution in [1.82, 2.24) is 4.98 Å². The molecule has 0 spiro atoms. The van der Waals surface area contributed by atoms with Gasteiger partial charge in [-0.3, -0.25) is 4.98 Å². The van der Waals surface area contributed by atoms with Gasteiger partial charge < -0.3 is 9.31 Å². The molecule has 6 heteroatoms. The van der Waals surface area contributed by atoms with E-state index in [-0.39, 0.29) is 18.3 Å². The first-order valence-corrected chi connectivity index (χ1v) is 6.98. The van der Waals surface area contributed by atoms with Crippen LogP contribution in [0.25, 0.3) is 0 Å². The van der Waals surface area contributed by atoms with E-state index in [0.717, 1.165) is 14.4 Å². The average Bonchev–Trinajstić information content (AvgIpc) is 2.35. The molecule has 0 atom stereocenters. The summed E-state index contributed by atoms with van der Waals surface area (Å²) < 4.78 is 13.8. The van der Waals surface area contributed by atoms with E-state index in [2.05, 4.69) is 36.8 Å². The van der Waals surface area contributed by atoms with Crippen LogP contribution in [0, 0.1) is 0 Å². The van der Waals surface area contributed by atoms with Gasteiger partial charge in [0.2, 0.25) is 0 Å². The van der Waals surface area contributed by atoms with Gasteiger partial charge in [-0.2, -0.15) is 0 Å². The number of hydrogen-bond donors (Lipinski definition) is 0. The van der Waals surface area contributed by atoms with Crippen molar-refractivity contribution in [3.8, 4) is 0 Å². The van der Waals surface area contributed by atoms with Crippen LogP contribution >= 0.6 is 31.9 Å². The zero-order valence-corrected chi connectivity index (χ0v) is 13.4. The lowest BCUT2D eigenvalue weighted by molar-refractivity contribution is 0.00578. The van der Waals surface area contributed by atoms with Crippen LogP contribution < -0.4 is 5.46 Å². The van der Waals surface area contributed by atoms with Gasteiger partial charge in [-0.05, 0) is 59.6 Å². The molecular formula is C11H14BBr2NO2. The summed E-state index contributed by atoms with van der Waals surface area (Å²) in [5, 5.41) is 0. The highest BCUT2D eigenvalue weighted by Gasteiger charge is 2.52. The van der Waals surface area contributed by atoms with Gasteiger partial charge in [-0.15, -0.1) is 0 Å². The lowest BCUT2D eigenvalue weighted by atomic mass is 9.80. The Hall–Kier alpha value is 0.0949. The monoisotopic (exact) mass is 361 g/mol. The number of halogens is 2. The van der Waals surface area contributed by atoms with Gasteiger partial charge in [0.05, 0.1) is 11.2 Å². The molecule has 1 aliphatic rings. The summed E-state index contributed by atoms with van der Waals surface area (Å²) in [5.74, 6) is 0. The summed E-state index contributed by atoms with van der Waals surface area (Å²) in [7, 11) is -0.383. The molecule has 92 valence electrons. The summed E-state index contributed by atoms with van der Waals surface area (Å²) in [5.41, 5.74) is 0.276. The normalized spacial score (nSPS) is 21.9. The third-order valence-corrected chi connectivity index (χ3v) is 4.64. The Morgan fingerprint density at radius 2 is 1.41 bits per heavy atom. The molecule has 3 nitrogen and oxygen atoms in total. The smallest absolute Gasteiger partial charge is 0.399 e. The molecule has 17 heavy (non-hydrogen) atoms. The van der Waals surface area contributed by atoms with Gasteiger partial charge in [0.25, 0.3) is 0 Å². The van der Waals surface area contributed by atoms with Crippen molar-refractivity contribution >= 4 is 44.4 Å². The third-order valence-electron chi connectivity index (χ3n) is 3.38. The molecule has 1 fully saturated rings. The van der Waals surface area contributed by atoms with E-state index in [1.807, 2.05) is 27.7 Å². The topological polar surface area (TPSA) is 31.4 Å². The summed E-state index contributed by atoms with van der Waals surface area (Å²) in [4.78, 5) is 4.08. The Morgan fingerprint density at radius 3 is 1.82 bits per heavy atom.